The molecule has 4 rings (SSSR count). The van der Waals surface area contributed by atoms with E-state index in [1.54, 1.807) is 4.40 Å². The zero-order valence-electron chi connectivity index (χ0n) is 20.5. The van der Waals surface area contributed by atoms with Crippen molar-refractivity contribution >= 4 is 35.0 Å². The number of carbonyl (C=O) groups excluding carboxylic acids is 2. The van der Waals surface area contributed by atoms with Gasteiger partial charge in [0.2, 0.25) is 5.82 Å². The van der Waals surface area contributed by atoms with Gasteiger partial charge in [0.1, 0.15) is 17.9 Å². The molecule has 3 N–H and O–H groups in total. The number of halogens is 7. The Bertz CT molecular complexity index is 1470. The molecule has 0 spiro atoms. The number of carboxylic acid groups (broad SMARTS) is 2. The summed E-state index contributed by atoms with van der Waals surface area (Å²) in [5.41, 5.74) is 3.54. The van der Waals surface area contributed by atoms with Gasteiger partial charge in [0.25, 0.3) is 5.91 Å². The first-order chi connectivity index (χ1) is 19.1. The van der Waals surface area contributed by atoms with Crippen LogP contribution in [0.1, 0.15) is 16.3 Å². The van der Waals surface area contributed by atoms with Crippen molar-refractivity contribution < 1.29 is 50.9 Å². The number of carboxylic acids is 2. The number of benzene rings is 1. The average Bonchev–Trinajstić information content (AvgIpc) is 3.29. The monoisotopic (exact) mass is 604 g/mol. The fraction of sp³-hybridized carbons (Fsp3) is 0.160. The molecule has 0 bridgehead atoms. The number of H-pyrrole nitrogens is 1. The molecule has 3 heterocycles. The lowest BCUT2D eigenvalue weighted by atomic mass is 10.1. The van der Waals surface area contributed by atoms with E-state index < -0.39 is 24.3 Å². The van der Waals surface area contributed by atoms with Gasteiger partial charge in [0, 0.05) is 29.4 Å². The smallest absolute Gasteiger partial charge is 0.490 e. The Labute approximate surface area is 232 Å². The Morgan fingerprint density at radius 3 is 2.22 bits per heavy atom. The van der Waals surface area contributed by atoms with E-state index in [1.807, 2.05) is 73.1 Å². The SMILES string of the molecule is O=C(NCC[c+]1cccc[nH]1)c1nc(-c2cccc(Cl)c2)c2ccccn12.O=C(O)C(F)(F)F.O=C([O-])C(F)(F)F. The molecular weight excluding hydrogens is 586 g/mol. The third kappa shape index (κ3) is 10.1. The molecule has 41 heavy (non-hydrogen) atoms. The van der Waals surface area contributed by atoms with E-state index in [-0.39, 0.29) is 5.91 Å². The molecule has 9 nitrogen and oxygen atoms in total. The predicted octanol–water partition coefficient (Wildman–Crippen LogP) is 4.17. The molecule has 0 aliphatic heterocycles. The number of aromatic nitrogens is 3. The summed E-state index contributed by atoms with van der Waals surface area (Å²) in [6, 6.07) is 19.1. The second-order valence-corrected chi connectivity index (χ2v) is 8.17. The topological polar surface area (TPSA) is 140 Å². The maximum absolute atomic E-state index is 12.7. The van der Waals surface area contributed by atoms with Crippen LogP contribution in [0.2, 0.25) is 5.02 Å². The molecule has 1 amide bonds. The summed E-state index contributed by atoms with van der Waals surface area (Å²) >= 11 is 6.13. The summed E-state index contributed by atoms with van der Waals surface area (Å²) in [6.07, 6.45) is -5.84. The highest BCUT2D eigenvalue weighted by Crippen LogP contribution is 2.27. The number of hydrogen-bond donors (Lipinski definition) is 3. The third-order valence-corrected chi connectivity index (χ3v) is 5.01. The van der Waals surface area contributed by atoms with Crippen molar-refractivity contribution in [2.75, 3.05) is 6.54 Å². The van der Waals surface area contributed by atoms with Crippen molar-refractivity contribution in [2.24, 2.45) is 0 Å². The first kappa shape index (κ1) is 32.6. The van der Waals surface area contributed by atoms with E-state index in [9.17, 15) is 31.1 Å². The fourth-order valence-corrected chi connectivity index (χ4v) is 3.21. The van der Waals surface area contributed by atoms with E-state index in [0.717, 1.165) is 28.9 Å². The van der Waals surface area contributed by atoms with Crippen LogP contribution in [0.4, 0.5) is 26.3 Å². The van der Waals surface area contributed by atoms with Crippen LogP contribution in [0.25, 0.3) is 16.8 Å². The number of alkyl halides is 6. The summed E-state index contributed by atoms with van der Waals surface area (Å²) in [5.74, 6) is -5.61. The quantitative estimate of drug-likeness (QED) is 0.231. The maximum atomic E-state index is 12.7. The Kier molecular flexibility index (Phi) is 11.2. The summed E-state index contributed by atoms with van der Waals surface area (Å²) in [7, 11) is 0. The van der Waals surface area contributed by atoms with Crippen LogP contribution in [-0.4, -0.2) is 56.2 Å². The molecule has 218 valence electrons. The van der Waals surface area contributed by atoms with Gasteiger partial charge in [0.15, 0.2) is 0 Å². The van der Waals surface area contributed by atoms with Crippen LogP contribution in [0.5, 0.6) is 0 Å². The van der Waals surface area contributed by atoms with Crippen molar-refractivity contribution in [1.29, 1.82) is 0 Å². The first-order valence-corrected chi connectivity index (χ1v) is 11.5. The van der Waals surface area contributed by atoms with Crippen LogP contribution >= 0.6 is 11.6 Å². The number of amides is 1. The molecule has 0 saturated heterocycles. The number of aliphatic carboxylic acids is 2. The number of hydrogen-bond acceptors (Lipinski definition) is 5. The lowest BCUT2D eigenvalue weighted by molar-refractivity contribution is -0.344. The highest BCUT2D eigenvalue weighted by Gasteiger charge is 2.38. The number of carbonyl (C=O) groups is 3. The van der Waals surface area contributed by atoms with Gasteiger partial charge in [-0.25, -0.2) is 9.78 Å². The Morgan fingerprint density at radius 1 is 1.02 bits per heavy atom. The summed E-state index contributed by atoms with van der Waals surface area (Å²) in [5, 5.41) is 19.5. The van der Waals surface area contributed by atoms with Crippen molar-refractivity contribution in [2.45, 2.75) is 18.8 Å². The molecular formula is C25H19ClF6N4O5. The molecule has 0 atom stereocenters. The van der Waals surface area contributed by atoms with Crippen molar-refractivity contribution in [3.63, 3.8) is 0 Å². The normalized spacial score (nSPS) is 11.0. The Morgan fingerprint density at radius 2 is 1.68 bits per heavy atom. The van der Waals surface area contributed by atoms with Gasteiger partial charge in [-0.05, 0) is 24.3 Å². The molecule has 0 aliphatic rings. The van der Waals surface area contributed by atoms with Gasteiger partial charge in [-0.3, -0.25) is 14.2 Å². The molecule has 1 aromatic carbocycles. The van der Waals surface area contributed by atoms with Crippen molar-refractivity contribution in [3.8, 4) is 11.3 Å². The van der Waals surface area contributed by atoms with E-state index in [0.29, 0.717) is 17.4 Å². The lowest BCUT2D eigenvalue weighted by Gasteiger charge is -2.03. The molecule has 0 aliphatic carbocycles. The van der Waals surface area contributed by atoms with Crippen LogP contribution < -0.4 is 10.4 Å². The Hall–Kier alpha value is -4.66. The number of nitrogens with zero attached hydrogens (tertiary/aromatic N) is 2. The summed E-state index contributed by atoms with van der Waals surface area (Å²) in [4.78, 5) is 38.2. The molecule has 0 unspecified atom stereocenters. The minimum Gasteiger partial charge on any atom is -0.542 e. The molecule has 0 radical (unpaired) electrons. The summed E-state index contributed by atoms with van der Waals surface area (Å²) < 4.78 is 65.1. The number of imidazole rings is 1. The van der Waals surface area contributed by atoms with Crippen molar-refractivity contribution in [3.05, 3.63) is 89.6 Å². The zero-order chi connectivity index (χ0) is 30.8. The average molecular weight is 605 g/mol. The predicted molar refractivity (Wildman–Crippen MR) is 132 cm³/mol. The number of nitrogens with one attached hydrogen (secondary N) is 2. The van der Waals surface area contributed by atoms with Crippen LogP contribution in [0.3, 0.4) is 0 Å². The standard InChI is InChI=1S/C21H17ClN4O.2C2HF3O2/c22-16-7-5-6-15(14-16)19-18-9-2-4-13-26(18)20(25-19)21(27)24-12-10-17-8-1-3-11-23-17;2*3-2(4,5)1(6)7/h1-9,11,13-14,23H,10,12H2;2*(H,6,7). The highest BCUT2D eigenvalue weighted by atomic mass is 35.5. The van der Waals surface area contributed by atoms with Crippen molar-refractivity contribution in [1.82, 2.24) is 19.7 Å². The van der Waals surface area contributed by atoms with E-state index in [1.165, 1.54) is 0 Å². The highest BCUT2D eigenvalue weighted by molar-refractivity contribution is 6.30. The van der Waals surface area contributed by atoms with Gasteiger partial charge >= 0.3 is 18.3 Å². The first-order valence-electron chi connectivity index (χ1n) is 11.2. The maximum Gasteiger partial charge on any atom is 0.490 e. The zero-order valence-corrected chi connectivity index (χ0v) is 21.2. The molecule has 4 aromatic rings. The van der Waals surface area contributed by atoms with Gasteiger partial charge in [-0.2, -0.15) is 26.3 Å². The van der Waals surface area contributed by atoms with Gasteiger partial charge in [-0.1, -0.05) is 29.8 Å². The Balaban J connectivity index is 0.000000349. The van der Waals surface area contributed by atoms with Crippen LogP contribution in [0, 0.1) is 0 Å². The van der Waals surface area contributed by atoms with Gasteiger partial charge < -0.3 is 20.3 Å². The molecule has 0 saturated carbocycles. The fourth-order valence-electron chi connectivity index (χ4n) is 3.02. The number of aromatic amines is 1. The number of fused-ring (bicyclic) bond motifs is 1. The molecule has 16 heteroatoms. The van der Waals surface area contributed by atoms with Gasteiger partial charge in [0.05, 0.1) is 29.8 Å². The minimum absolute atomic E-state index is 0.208. The second kappa shape index (κ2) is 14.1. The third-order valence-electron chi connectivity index (χ3n) is 4.78. The minimum atomic E-state index is -5.19. The van der Waals surface area contributed by atoms with Crippen LogP contribution in [0.15, 0.2) is 73.1 Å². The van der Waals surface area contributed by atoms with Gasteiger partial charge in [-0.15, -0.1) is 0 Å². The van der Waals surface area contributed by atoms with Crippen LogP contribution in [-0.2, 0) is 16.0 Å². The van der Waals surface area contributed by atoms with E-state index >= 15 is 0 Å². The second-order valence-electron chi connectivity index (χ2n) is 7.73. The summed E-state index contributed by atoms with van der Waals surface area (Å²) in [6.45, 7) is 0.521. The number of pyridine rings is 2. The van der Waals surface area contributed by atoms with E-state index in [2.05, 4.69) is 15.3 Å². The molecule has 0 fully saturated rings. The number of rotatable bonds is 5. The largest absolute Gasteiger partial charge is 0.542 e. The molecule has 3 aromatic heterocycles. The lowest BCUT2D eigenvalue weighted by Crippen LogP contribution is -2.37. The van der Waals surface area contributed by atoms with E-state index in [4.69, 9.17) is 31.4 Å².